The molecule has 9 nitrogen and oxygen atoms in total. The van der Waals surface area contributed by atoms with Crippen LogP contribution in [0.4, 0.5) is 10.1 Å². The number of anilines is 1. The summed E-state index contributed by atoms with van der Waals surface area (Å²) < 4.78 is 22.6. The molecule has 3 N–H and O–H groups in total. The molecule has 5 heterocycles. The van der Waals surface area contributed by atoms with Crippen LogP contribution in [0.15, 0.2) is 54.9 Å². The summed E-state index contributed by atoms with van der Waals surface area (Å²) in [5, 5.41) is 10.5. The standard InChI is InChI=1S/C34H38FN7O2/c1-2-38-11-9-21(18-38)19-42-32-25(35)15-24(34(44)41-20-23-7-8-27(41)30(23)36)16-26(32)37-33(42)29-17-22-5-3-6-28-31(22)40(29)13-12-39(28)10-4-14-43/h3,5-6,9,11,15-18,23,27,30,43H,2,4,7-8,10,12-14,19-20,36H2,1H3/t23-,27-,30-/m1/s1. The second-order valence-electron chi connectivity index (χ2n) is 12.6. The van der Waals surface area contributed by atoms with Gasteiger partial charge in [0.15, 0.2) is 5.82 Å². The number of para-hydroxylation sites is 1. The fraction of sp³-hybridized carbons (Fsp3) is 0.412. The van der Waals surface area contributed by atoms with Gasteiger partial charge in [0.05, 0.1) is 29.0 Å². The maximum absolute atomic E-state index is 16.3. The topological polar surface area (TPSA) is 97.5 Å². The molecule has 1 amide bonds. The van der Waals surface area contributed by atoms with Gasteiger partial charge < -0.3 is 34.3 Å². The molecule has 1 aliphatic carbocycles. The van der Waals surface area contributed by atoms with E-state index in [0.717, 1.165) is 66.9 Å². The molecule has 1 saturated heterocycles. The van der Waals surface area contributed by atoms with Crippen molar-refractivity contribution in [2.75, 3.05) is 31.1 Å². The van der Waals surface area contributed by atoms with E-state index in [9.17, 15) is 9.90 Å². The van der Waals surface area contributed by atoms with Crippen molar-refractivity contribution in [3.8, 4) is 11.5 Å². The number of halogens is 1. The fourth-order valence-corrected chi connectivity index (χ4v) is 7.91. The SMILES string of the molecule is CCn1ccc(Cn2c(-c3cc4cccc5c4n3CCN5CCCO)nc3cc(C(=O)N4C[C@H]5CC[C@@H]4[C@@H]5N)cc(F)c32)c1. The highest BCUT2D eigenvalue weighted by atomic mass is 19.1. The molecule has 0 radical (unpaired) electrons. The Morgan fingerprint density at radius 1 is 1.14 bits per heavy atom. The van der Waals surface area contributed by atoms with Crippen molar-refractivity contribution in [1.29, 1.82) is 0 Å². The van der Waals surface area contributed by atoms with Crippen molar-refractivity contribution in [2.45, 2.75) is 57.9 Å². The van der Waals surface area contributed by atoms with Crippen LogP contribution >= 0.6 is 0 Å². The van der Waals surface area contributed by atoms with Gasteiger partial charge in [-0.2, -0.15) is 0 Å². The van der Waals surface area contributed by atoms with E-state index < -0.39 is 5.82 Å². The molecule has 2 aliphatic heterocycles. The van der Waals surface area contributed by atoms with Crippen LogP contribution in [0.25, 0.3) is 33.5 Å². The van der Waals surface area contributed by atoms with E-state index in [1.807, 2.05) is 15.7 Å². The number of imidazole rings is 1. The Hall–Kier alpha value is -4.15. The number of carbonyl (C=O) groups is 1. The van der Waals surface area contributed by atoms with Crippen LogP contribution in [-0.2, 0) is 19.6 Å². The van der Waals surface area contributed by atoms with Gasteiger partial charge in [-0.15, -0.1) is 0 Å². The van der Waals surface area contributed by atoms with E-state index in [-0.39, 0.29) is 24.6 Å². The monoisotopic (exact) mass is 595 g/mol. The molecule has 5 aromatic rings. The third-order valence-electron chi connectivity index (χ3n) is 10.1. The summed E-state index contributed by atoms with van der Waals surface area (Å²) in [6, 6.07) is 13.7. The lowest BCUT2D eigenvalue weighted by molar-refractivity contribution is 0.0700. The van der Waals surface area contributed by atoms with Crippen LogP contribution in [0.2, 0.25) is 0 Å². The first-order valence-electron chi connectivity index (χ1n) is 15.8. The first-order chi connectivity index (χ1) is 21.4. The number of benzene rings is 2. The maximum Gasteiger partial charge on any atom is 0.254 e. The van der Waals surface area contributed by atoms with Gasteiger partial charge in [0.25, 0.3) is 5.91 Å². The summed E-state index contributed by atoms with van der Waals surface area (Å²) >= 11 is 0. The Morgan fingerprint density at radius 3 is 2.77 bits per heavy atom. The molecule has 3 atom stereocenters. The number of amides is 1. The van der Waals surface area contributed by atoms with Crippen LogP contribution in [0.3, 0.4) is 0 Å². The number of likely N-dealkylation sites (tertiary alicyclic amines) is 1. The van der Waals surface area contributed by atoms with Gasteiger partial charge in [-0.25, -0.2) is 9.37 Å². The lowest BCUT2D eigenvalue weighted by atomic mass is 10.1. The summed E-state index contributed by atoms with van der Waals surface area (Å²) in [4.78, 5) is 22.9. The van der Waals surface area contributed by atoms with Crippen molar-refractivity contribution >= 4 is 33.5 Å². The second kappa shape index (κ2) is 10.5. The summed E-state index contributed by atoms with van der Waals surface area (Å²) in [6.07, 6.45) is 6.79. The van der Waals surface area contributed by atoms with Crippen molar-refractivity contribution in [3.63, 3.8) is 0 Å². The number of aryl methyl sites for hydroxylation is 1. The average Bonchev–Trinajstić information content (AvgIpc) is 3.86. The van der Waals surface area contributed by atoms with Gasteiger partial charge >= 0.3 is 0 Å². The van der Waals surface area contributed by atoms with Gasteiger partial charge in [0.1, 0.15) is 11.3 Å². The number of carbonyl (C=O) groups excluding carboxylic acids is 1. The van der Waals surface area contributed by atoms with E-state index in [2.05, 4.69) is 57.5 Å². The highest BCUT2D eigenvalue weighted by molar-refractivity contribution is 6.00. The summed E-state index contributed by atoms with van der Waals surface area (Å²) in [7, 11) is 0. The summed E-state index contributed by atoms with van der Waals surface area (Å²) in [6.45, 7) is 6.53. The maximum atomic E-state index is 16.3. The Morgan fingerprint density at radius 2 is 2.02 bits per heavy atom. The minimum absolute atomic E-state index is 0.00120. The number of hydrogen-bond acceptors (Lipinski definition) is 5. The third-order valence-corrected chi connectivity index (χ3v) is 10.1. The summed E-state index contributed by atoms with van der Waals surface area (Å²) in [5.41, 5.74) is 11.8. The smallest absolute Gasteiger partial charge is 0.254 e. The molecule has 44 heavy (non-hydrogen) atoms. The zero-order valence-corrected chi connectivity index (χ0v) is 25.0. The lowest BCUT2D eigenvalue weighted by Crippen LogP contribution is -2.41. The van der Waals surface area contributed by atoms with Crippen LogP contribution in [0.5, 0.6) is 0 Å². The van der Waals surface area contributed by atoms with Crippen molar-refractivity contribution in [3.05, 3.63) is 71.8 Å². The van der Waals surface area contributed by atoms with Gasteiger partial charge in [-0.1, -0.05) is 12.1 Å². The third kappa shape index (κ3) is 4.18. The molecule has 228 valence electrons. The minimum Gasteiger partial charge on any atom is -0.396 e. The normalized spacial score (nSPS) is 21.0. The van der Waals surface area contributed by atoms with E-state index >= 15 is 4.39 Å². The molecule has 0 unspecified atom stereocenters. The number of aromatic nitrogens is 4. The number of piperidine rings is 1. The Kier molecular flexibility index (Phi) is 6.53. The van der Waals surface area contributed by atoms with Crippen molar-refractivity contribution < 1.29 is 14.3 Å². The number of aliphatic hydroxyl groups excluding tert-OH is 1. The first-order valence-corrected chi connectivity index (χ1v) is 15.8. The zero-order chi connectivity index (χ0) is 30.1. The minimum atomic E-state index is -0.446. The Bertz CT molecular complexity index is 1900. The van der Waals surface area contributed by atoms with Crippen molar-refractivity contribution in [2.24, 2.45) is 11.7 Å². The largest absolute Gasteiger partial charge is 0.396 e. The lowest BCUT2D eigenvalue weighted by Gasteiger charge is -2.31. The van der Waals surface area contributed by atoms with Crippen LogP contribution < -0.4 is 10.6 Å². The highest BCUT2D eigenvalue weighted by Gasteiger charge is 2.47. The molecular formula is C34H38FN7O2. The number of aliphatic hydroxyl groups is 1. The molecule has 3 aromatic heterocycles. The number of rotatable bonds is 8. The Labute approximate surface area is 255 Å². The summed E-state index contributed by atoms with van der Waals surface area (Å²) in [5.74, 6) is 0.393. The van der Waals surface area contributed by atoms with Crippen LogP contribution in [0.1, 0.15) is 42.1 Å². The predicted molar refractivity (Wildman–Crippen MR) is 169 cm³/mol. The average molecular weight is 596 g/mol. The molecule has 0 spiro atoms. The fourth-order valence-electron chi connectivity index (χ4n) is 7.91. The molecule has 10 heteroatoms. The predicted octanol–water partition coefficient (Wildman–Crippen LogP) is 4.43. The quantitative estimate of drug-likeness (QED) is 0.277. The number of nitrogens with zero attached hydrogens (tertiary/aromatic N) is 6. The first kappa shape index (κ1) is 27.4. The van der Waals surface area contributed by atoms with E-state index in [1.54, 1.807) is 6.07 Å². The second-order valence-corrected chi connectivity index (χ2v) is 12.6. The van der Waals surface area contributed by atoms with Gasteiger partial charge in [0.2, 0.25) is 0 Å². The highest BCUT2D eigenvalue weighted by Crippen LogP contribution is 2.40. The molecule has 2 bridgehead atoms. The number of nitrogens with two attached hydrogens (primary N) is 1. The molecule has 8 rings (SSSR count). The van der Waals surface area contributed by atoms with Gasteiger partial charge in [-0.3, -0.25) is 4.79 Å². The number of hydrogen-bond donors (Lipinski definition) is 2. The van der Waals surface area contributed by atoms with Crippen molar-refractivity contribution in [1.82, 2.24) is 23.6 Å². The molecular weight excluding hydrogens is 557 g/mol. The van der Waals surface area contributed by atoms with E-state index in [0.29, 0.717) is 47.8 Å². The molecule has 2 aromatic carbocycles. The van der Waals surface area contributed by atoms with E-state index in [1.165, 1.54) is 6.07 Å². The van der Waals surface area contributed by atoms with Gasteiger partial charge in [0, 0.05) is 74.8 Å². The molecule has 1 saturated carbocycles. The molecule has 2 fully saturated rings. The van der Waals surface area contributed by atoms with Crippen LogP contribution in [0, 0.1) is 11.7 Å². The van der Waals surface area contributed by atoms with E-state index in [4.69, 9.17) is 10.7 Å². The van der Waals surface area contributed by atoms with Crippen LogP contribution in [-0.4, -0.2) is 72.9 Å². The zero-order valence-electron chi connectivity index (χ0n) is 25.0. The molecule has 3 aliphatic rings. The Balaban J connectivity index is 1.27. The van der Waals surface area contributed by atoms with Gasteiger partial charge in [-0.05, 0) is 68.0 Å². The number of fused-ring (bicyclic) bond motifs is 3.